The third kappa shape index (κ3) is 3.53. The molecule has 10 heteroatoms. The van der Waals surface area contributed by atoms with Gasteiger partial charge in [-0.05, 0) is 12.8 Å². The SMILES string of the molecule is CCCC(=O)O[C@@]1(O)[C@@H](O)[C@H](O)[C@@H](O)[C@@H](O)[C@@]1(O)OC(=O)CCC. The molecular weight excluding hydrogens is 328 g/mol. The molecule has 0 aliphatic heterocycles. The predicted octanol–water partition coefficient (Wildman–Crippen LogP) is -2.49. The lowest BCUT2D eigenvalue weighted by Gasteiger charge is -2.51. The van der Waals surface area contributed by atoms with Crippen molar-refractivity contribution in [2.24, 2.45) is 0 Å². The Labute approximate surface area is 138 Å². The Bertz CT molecular complexity index is 426. The van der Waals surface area contributed by atoms with Gasteiger partial charge in [0, 0.05) is 12.8 Å². The minimum atomic E-state index is -3.37. The summed E-state index contributed by atoms with van der Waals surface area (Å²) in [6, 6.07) is 0. The summed E-state index contributed by atoms with van der Waals surface area (Å²) in [6.45, 7) is 3.23. The summed E-state index contributed by atoms with van der Waals surface area (Å²) in [5, 5.41) is 60.3. The highest BCUT2D eigenvalue weighted by Gasteiger charge is 2.72. The highest BCUT2D eigenvalue weighted by Crippen LogP contribution is 2.41. The normalized spacial score (nSPS) is 39.3. The van der Waals surface area contributed by atoms with Crippen LogP contribution in [-0.2, 0) is 19.1 Å². The zero-order valence-electron chi connectivity index (χ0n) is 13.5. The molecule has 1 aliphatic rings. The molecule has 24 heavy (non-hydrogen) atoms. The molecule has 0 saturated heterocycles. The molecule has 1 rings (SSSR count). The maximum atomic E-state index is 11.7. The molecule has 0 bridgehead atoms. The quantitative estimate of drug-likeness (QED) is 0.222. The van der Waals surface area contributed by atoms with Crippen LogP contribution in [0.3, 0.4) is 0 Å². The van der Waals surface area contributed by atoms with Gasteiger partial charge in [-0.15, -0.1) is 0 Å². The van der Waals surface area contributed by atoms with Crippen LogP contribution in [0.2, 0.25) is 0 Å². The van der Waals surface area contributed by atoms with Crippen molar-refractivity contribution >= 4 is 11.9 Å². The lowest BCUT2D eigenvalue weighted by Crippen LogP contribution is -2.79. The lowest BCUT2D eigenvalue weighted by atomic mass is 9.79. The van der Waals surface area contributed by atoms with Gasteiger partial charge in [0.15, 0.2) is 12.2 Å². The lowest BCUT2D eigenvalue weighted by molar-refractivity contribution is -0.442. The maximum absolute atomic E-state index is 11.7. The average Bonchev–Trinajstić information content (AvgIpc) is 2.50. The Morgan fingerprint density at radius 1 is 0.792 bits per heavy atom. The smallest absolute Gasteiger partial charge is 0.308 e. The third-order valence-corrected chi connectivity index (χ3v) is 3.76. The van der Waals surface area contributed by atoms with Crippen LogP contribution >= 0.6 is 0 Å². The number of aliphatic hydroxyl groups is 6. The average molecular weight is 352 g/mol. The standard InChI is InChI=1S/C14H24O10/c1-3-5-7(15)23-13(21)11(19)9(17)10(18)12(20)14(13,22)24-8(16)6-4-2/h9-12,17-22H,3-6H2,1-2H3/t9-,10-,11-,12+,13-,14+/m1/s1. The van der Waals surface area contributed by atoms with Crippen LogP contribution in [0.4, 0.5) is 0 Å². The Kier molecular flexibility index (Phi) is 6.67. The second-order valence-corrected chi connectivity index (χ2v) is 5.71. The predicted molar refractivity (Wildman–Crippen MR) is 75.9 cm³/mol. The van der Waals surface area contributed by atoms with Crippen LogP contribution in [0.25, 0.3) is 0 Å². The van der Waals surface area contributed by atoms with Crippen molar-refractivity contribution in [2.75, 3.05) is 0 Å². The number of hydrogen-bond acceptors (Lipinski definition) is 10. The van der Waals surface area contributed by atoms with E-state index in [0.29, 0.717) is 12.8 Å². The van der Waals surface area contributed by atoms with Gasteiger partial charge in [-0.2, -0.15) is 0 Å². The van der Waals surface area contributed by atoms with Gasteiger partial charge in [0.05, 0.1) is 0 Å². The van der Waals surface area contributed by atoms with E-state index in [1.807, 2.05) is 0 Å². The van der Waals surface area contributed by atoms with E-state index in [-0.39, 0.29) is 12.8 Å². The van der Waals surface area contributed by atoms with E-state index in [9.17, 15) is 40.2 Å². The van der Waals surface area contributed by atoms with E-state index in [4.69, 9.17) is 0 Å². The number of esters is 2. The van der Waals surface area contributed by atoms with E-state index in [1.165, 1.54) is 0 Å². The van der Waals surface area contributed by atoms with Gasteiger partial charge in [0.1, 0.15) is 12.2 Å². The number of ether oxygens (including phenoxy) is 2. The van der Waals surface area contributed by atoms with Crippen molar-refractivity contribution in [3.05, 3.63) is 0 Å². The molecule has 0 aromatic heterocycles. The van der Waals surface area contributed by atoms with E-state index in [1.54, 1.807) is 13.8 Å². The molecule has 6 N–H and O–H groups in total. The fourth-order valence-electron chi connectivity index (χ4n) is 2.38. The molecule has 1 fully saturated rings. The van der Waals surface area contributed by atoms with E-state index in [2.05, 4.69) is 9.47 Å². The first kappa shape index (κ1) is 20.7. The van der Waals surface area contributed by atoms with E-state index in [0.717, 1.165) is 0 Å². The Morgan fingerprint density at radius 3 is 1.33 bits per heavy atom. The van der Waals surface area contributed by atoms with Gasteiger partial charge in [-0.25, -0.2) is 0 Å². The topological polar surface area (TPSA) is 174 Å². The molecule has 1 aliphatic carbocycles. The van der Waals surface area contributed by atoms with Crippen molar-refractivity contribution in [1.29, 1.82) is 0 Å². The second-order valence-electron chi connectivity index (χ2n) is 5.71. The molecule has 1 saturated carbocycles. The van der Waals surface area contributed by atoms with Crippen molar-refractivity contribution in [1.82, 2.24) is 0 Å². The summed E-state index contributed by atoms with van der Waals surface area (Å²) in [6.07, 6.45) is -9.09. The van der Waals surface area contributed by atoms with Gasteiger partial charge in [-0.3, -0.25) is 9.59 Å². The van der Waals surface area contributed by atoms with Gasteiger partial charge in [0.25, 0.3) is 0 Å². The monoisotopic (exact) mass is 352 g/mol. The first-order chi connectivity index (χ1) is 11.0. The number of rotatable bonds is 6. The molecule has 0 heterocycles. The molecule has 0 aromatic rings. The van der Waals surface area contributed by atoms with Gasteiger partial charge in [0.2, 0.25) is 0 Å². The summed E-state index contributed by atoms with van der Waals surface area (Å²) in [5.41, 5.74) is 0. The fraction of sp³-hybridized carbons (Fsp3) is 0.857. The second kappa shape index (κ2) is 7.72. The molecule has 0 amide bonds. The van der Waals surface area contributed by atoms with Crippen LogP contribution in [0.1, 0.15) is 39.5 Å². The van der Waals surface area contributed by atoms with Gasteiger partial charge < -0.3 is 40.1 Å². The minimum Gasteiger partial charge on any atom is -0.423 e. The first-order valence-electron chi connectivity index (χ1n) is 7.65. The van der Waals surface area contributed by atoms with Crippen molar-refractivity contribution in [2.45, 2.75) is 75.5 Å². The maximum Gasteiger partial charge on any atom is 0.308 e. The summed E-state index contributed by atoms with van der Waals surface area (Å²) >= 11 is 0. The Balaban J connectivity index is 3.27. The highest BCUT2D eigenvalue weighted by molar-refractivity contribution is 5.71. The van der Waals surface area contributed by atoms with Crippen LogP contribution in [0, 0.1) is 0 Å². The van der Waals surface area contributed by atoms with Gasteiger partial charge >= 0.3 is 23.5 Å². The van der Waals surface area contributed by atoms with E-state index < -0.39 is 47.9 Å². The zero-order valence-corrected chi connectivity index (χ0v) is 13.5. The van der Waals surface area contributed by atoms with E-state index >= 15 is 0 Å². The number of hydrogen-bond donors (Lipinski definition) is 6. The molecule has 10 nitrogen and oxygen atoms in total. The Morgan fingerprint density at radius 2 is 1.08 bits per heavy atom. The minimum absolute atomic E-state index is 0.219. The highest BCUT2D eigenvalue weighted by atomic mass is 16.8. The van der Waals surface area contributed by atoms with Crippen molar-refractivity contribution < 1.29 is 49.7 Å². The molecule has 0 radical (unpaired) electrons. The zero-order chi connectivity index (χ0) is 18.7. The molecule has 6 atom stereocenters. The Hall–Kier alpha value is -1.30. The summed E-state index contributed by atoms with van der Waals surface area (Å²) in [5.74, 6) is -8.92. The van der Waals surface area contributed by atoms with Crippen LogP contribution < -0.4 is 0 Å². The van der Waals surface area contributed by atoms with Crippen LogP contribution in [-0.4, -0.2) is 78.6 Å². The van der Waals surface area contributed by atoms with Crippen LogP contribution in [0.5, 0.6) is 0 Å². The summed E-state index contributed by atoms with van der Waals surface area (Å²) < 4.78 is 9.25. The van der Waals surface area contributed by atoms with Crippen molar-refractivity contribution in [3.63, 3.8) is 0 Å². The number of carbonyl (C=O) groups is 2. The molecule has 0 unspecified atom stereocenters. The fourth-order valence-corrected chi connectivity index (χ4v) is 2.38. The summed E-state index contributed by atoms with van der Waals surface area (Å²) in [4.78, 5) is 23.4. The number of aliphatic hydroxyl groups excluding tert-OH is 4. The molecule has 140 valence electrons. The number of carbonyl (C=O) groups excluding carboxylic acids is 2. The van der Waals surface area contributed by atoms with Crippen molar-refractivity contribution in [3.8, 4) is 0 Å². The first-order valence-corrected chi connectivity index (χ1v) is 7.65. The summed E-state index contributed by atoms with van der Waals surface area (Å²) in [7, 11) is 0. The largest absolute Gasteiger partial charge is 0.423 e. The third-order valence-electron chi connectivity index (χ3n) is 3.76. The van der Waals surface area contributed by atoms with Gasteiger partial charge in [-0.1, -0.05) is 13.8 Å². The molecular formula is C14H24O10. The van der Waals surface area contributed by atoms with Crippen LogP contribution in [0.15, 0.2) is 0 Å². The molecule has 0 spiro atoms. The molecule has 0 aromatic carbocycles.